The van der Waals surface area contributed by atoms with Gasteiger partial charge in [0, 0.05) is 10.9 Å². The monoisotopic (exact) mass is 378 g/mol. The third-order valence-corrected chi connectivity index (χ3v) is 6.19. The zero-order valence-corrected chi connectivity index (χ0v) is 17.1. The molecule has 0 radical (unpaired) electrons. The molecule has 6 heteroatoms. The van der Waals surface area contributed by atoms with Crippen LogP contribution in [0.15, 0.2) is 29.2 Å². The number of hydrogen-bond donors (Lipinski definition) is 3. The quantitative estimate of drug-likeness (QED) is 0.636. The van der Waals surface area contributed by atoms with Gasteiger partial charge in [-0.05, 0) is 44.1 Å². The number of para-hydroxylation sites is 1. The third kappa shape index (κ3) is 5.74. The molecule has 26 heavy (non-hydrogen) atoms. The topological polar surface area (TPSA) is 62.6 Å². The Kier molecular flexibility index (Phi) is 7.97. The maximum atomic E-state index is 12.6. The molecule has 1 aliphatic carbocycles. The van der Waals surface area contributed by atoms with E-state index in [1.54, 1.807) is 11.8 Å². The van der Waals surface area contributed by atoms with E-state index in [1.807, 2.05) is 44.5 Å². The molecule has 144 valence electrons. The van der Waals surface area contributed by atoms with Crippen molar-refractivity contribution >= 4 is 29.3 Å². The number of thioether (sulfide) groups is 1. The zero-order valence-electron chi connectivity index (χ0n) is 16.3. The lowest BCUT2D eigenvalue weighted by Crippen LogP contribution is -3.15. The molecule has 0 aliphatic heterocycles. The van der Waals surface area contributed by atoms with Crippen LogP contribution < -0.4 is 15.5 Å². The minimum absolute atomic E-state index is 0.0403. The molecule has 1 aliphatic rings. The van der Waals surface area contributed by atoms with Gasteiger partial charge >= 0.3 is 0 Å². The fraction of sp³-hybridized carbons (Fsp3) is 0.600. The van der Waals surface area contributed by atoms with Gasteiger partial charge in [-0.3, -0.25) is 9.59 Å². The Hall–Kier alpha value is -1.53. The SMILES string of the molecule is CSc1ccccc1NC(=O)C[NH+](C)[C@H](C)C(=O)N[C@@H]1CCCC[C@H]1C. The smallest absolute Gasteiger partial charge is 0.279 e. The summed E-state index contributed by atoms with van der Waals surface area (Å²) in [5.74, 6) is 0.500. The highest BCUT2D eigenvalue weighted by molar-refractivity contribution is 7.98. The largest absolute Gasteiger partial charge is 0.348 e. The van der Waals surface area contributed by atoms with Gasteiger partial charge in [0.15, 0.2) is 12.6 Å². The van der Waals surface area contributed by atoms with Crippen LogP contribution in [-0.2, 0) is 9.59 Å². The second kappa shape index (κ2) is 9.97. The van der Waals surface area contributed by atoms with E-state index in [1.165, 1.54) is 19.3 Å². The molecule has 0 saturated heterocycles. The van der Waals surface area contributed by atoms with Crippen LogP contribution in [0.1, 0.15) is 39.5 Å². The molecule has 1 saturated carbocycles. The molecule has 1 aromatic rings. The number of benzene rings is 1. The molecular formula is C20H32N3O2S+. The summed E-state index contributed by atoms with van der Waals surface area (Å²) in [4.78, 5) is 26.9. The summed E-state index contributed by atoms with van der Waals surface area (Å²) in [5, 5.41) is 6.16. The fourth-order valence-electron chi connectivity index (χ4n) is 3.41. The van der Waals surface area contributed by atoms with Crippen LogP contribution in [0.4, 0.5) is 5.69 Å². The van der Waals surface area contributed by atoms with Crippen LogP contribution in [0, 0.1) is 5.92 Å². The summed E-state index contributed by atoms with van der Waals surface area (Å²) in [6.45, 7) is 4.36. The number of likely N-dealkylation sites (N-methyl/N-ethyl adjacent to an activating group) is 1. The van der Waals surface area contributed by atoms with Crippen molar-refractivity contribution in [3.05, 3.63) is 24.3 Å². The normalized spacial score (nSPS) is 22.3. The Balaban J connectivity index is 1.86. The Morgan fingerprint density at radius 2 is 1.96 bits per heavy atom. The molecule has 0 heterocycles. The number of rotatable bonds is 7. The second-order valence-electron chi connectivity index (χ2n) is 7.37. The molecule has 1 unspecified atom stereocenters. The van der Waals surface area contributed by atoms with E-state index in [9.17, 15) is 9.59 Å². The first-order valence-corrected chi connectivity index (χ1v) is 10.7. The molecule has 0 aromatic heterocycles. The number of anilines is 1. The predicted molar refractivity (Wildman–Crippen MR) is 108 cm³/mol. The highest BCUT2D eigenvalue weighted by Gasteiger charge is 2.29. The van der Waals surface area contributed by atoms with E-state index in [0.29, 0.717) is 5.92 Å². The molecule has 1 aromatic carbocycles. The summed E-state index contributed by atoms with van der Waals surface area (Å²) in [6, 6.07) is 7.77. The van der Waals surface area contributed by atoms with Crippen molar-refractivity contribution in [3.8, 4) is 0 Å². The molecule has 0 bridgehead atoms. The average Bonchev–Trinajstić information content (AvgIpc) is 2.63. The molecule has 2 amide bonds. The van der Waals surface area contributed by atoms with Crippen molar-refractivity contribution < 1.29 is 14.5 Å². The Labute approximate surface area is 161 Å². The number of nitrogens with one attached hydrogen (secondary N) is 3. The number of amides is 2. The van der Waals surface area contributed by atoms with Crippen molar-refractivity contribution in [1.82, 2.24) is 5.32 Å². The first-order valence-electron chi connectivity index (χ1n) is 9.48. The highest BCUT2D eigenvalue weighted by atomic mass is 32.2. The minimum atomic E-state index is -0.259. The van der Waals surface area contributed by atoms with Gasteiger partial charge in [0.1, 0.15) is 0 Å². The first kappa shape index (κ1) is 20.8. The van der Waals surface area contributed by atoms with Crippen molar-refractivity contribution in [2.45, 2.75) is 56.5 Å². The predicted octanol–water partition coefficient (Wildman–Crippen LogP) is 1.95. The second-order valence-corrected chi connectivity index (χ2v) is 8.22. The van der Waals surface area contributed by atoms with Crippen LogP contribution in [0.25, 0.3) is 0 Å². The van der Waals surface area contributed by atoms with Crippen molar-refractivity contribution in [2.75, 3.05) is 25.2 Å². The van der Waals surface area contributed by atoms with Crippen molar-refractivity contribution in [3.63, 3.8) is 0 Å². The van der Waals surface area contributed by atoms with Crippen LogP contribution in [0.3, 0.4) is 0 Å². The Morgan fingerprint density at radius 3 is 2.65 bits per heavy atom. The molecule has 4 atom stereocenters. The average molecular weight is 379 g/mol. The molecular weight excluding hydrogens is 346 g/mol. The lowest BCUT2D eigenvalue weighted by atomic mass is 9.86. The van der Waals surface area contributed by atoms with Gasteiger partial charge in [0.2, 0.25) is 0 Å². The van der Waals surface area contributed by atoms with Gasteiger partial charge in [0.05, 0.1) is 12.7 Å². The van der Waals surface area contributed by atoms with E-state index in [4.69, 9.17) is 0 Å². The van der Waals surface area contributed by atoms with Crippen molar-refractivity contribution in [1.29, 1.82) is 0 Å². The number of hydrogen-bond acceptors (Lipinski definition) is 3. The van der Waals surface area contributed by atoms with Gasteiger partial charge < -0.3 is 15.5 Å². The minimum Gasteiger partial charge on any atom is -0.348 e. The maximum Gasteiger partial charge on any atom is 0.279 e. The Bertz CT molecular complexity index is 623. The third-order valence-electron chi connectivity index (χ3n) is 5.39. The highest BCUT2D eigenvalue weighted by Crippen LogP contribution is 2.24. The van der Waals surface area contributed by atoms with Gasteiger partial charge in [-0.15, -0.1) is 11.8 Å². The summed E-state index contributed by atoms with van der Waals surface area (Å²) >= 11 is 1.60. The van der Waals surface area contributed by atoms with Crippen LogP contribution in [-0.4, -0.2) is 43.7 Å². The van der Waals surface area contributed by atoms with E-state index < -0.39 is 0 Å². The van der Waals surface area contributed by atoms with E-state index in [-0.39, 0.29) is 30.4 Å². The van der Waals surface area contributed by atoms with Crippen LogP contribution in [0.5, 0.6) is 0 Å². The van der Waals surface area contributed by atoms with Gasteiger partial charge in [-0.2, -0.15) is 0 Å². The standard InChI is InChI=1S/C20H31N3O2S/c1-14-9-5-6-10-16(14)22-20(25)15(2)23(3)13-19(24)21-17-11-7-8-12-18(17)26-4/h7-8,11-12,14-16H,5-6,9-10,13H2,1-4H3,(H,21,24)(H,22,25)/p+1/t14-,15-,16-/m1/s1. The number of carbonyl (C=O) groups excluding carboxylic acids is 2. The fourth-order valence-corrected chi connectivity index (χ4v) is 3.96. The lowest BCUT2D eigenvalue weighted by Gasteiger charge is -2.31. The van der Waals surface area contributed by atoms with E-state index >= 15 is 0 Å². The summed E-state index contributed by atoms with van der Waals surface area (Å²) in [6.07, 6.45) is 6.67. The van der Waals surface area contributed by atoms with Gasteiger partial charge in [0.25, 0.3) is 11.8 Å². The van der Waals surface area contributed by atoms with Crippen LogP contribution in [0.2, 0.25) is 0 Å². The van der Waals surface area contributed by atoms with E-state index in [2.05, 4.69) is 17.6 Å². The molecule has 0 spiro atoms. The van der Waals surface area contributed by atoms with Gasteiger partial charge in [-0.25, -0.2) is 0 Å². The summed E-state index contributed by atoms with van der Waals surface area (Å²) < 4.78 is 0. The maximum absolute atomic E-state index is 12.6. The van der Waals surface area contributed by atoms with Crippen LogP contribution >= 0.6 is 11.8 Å². The molecule has 2 rings (SSSR count). The Morgan fingerprint density at radius 1 is 1.27 bits per heavy atom. The molecule has 3 N–H and O–H groups in total. The zero-order chi connectivity index (χ0) is 19.1. The summed E-state index contributed by atoms with van der Waals surface area (Å²) in [7, 11) is 1.90. The molecule has 5 nitrogen and oxygen atoms in total. The summed E-state index contributed by atoms with van der Waals surface area (Å²) in [5.41, 5.74) is 0.825. The lowest BCUT2D eigenvalue weighted by molar-refractivity contribution is -0.885. The molecule has 1 fully saturated rings. The number of quaternary nitrogens is 1. The number of carbonyl (C=O) groups is 2. The van der Waals surface area contributed by atoms with E-state index in [0.717, 1.165) is 21.9 Å². The van der Waals surface area contributed by atoms with Gasteiger partial charge in [-0.1, -0.05) is 31.9 Å². The van der Waals surface area contributed by atoms with Crippen molar-refractivity contribution in [2.24, 2.45) is 5.92 Å². The first-order chi connectivity index (χ1) is 12.4.